The summed E-state index contributed by atoms with van der Waals surface area (Å²) in [6, 6.07) is 19.5. The van der Waals surface area contributed by atoms with Gasteiger partial charge < -0.3 is 29.8 Å². The van der Waals surface area contributed by atoms with Crippen LogP contribution < -0.4 is 5.32 Å². The van der Waals surface area contributed by atoms with Gasteiger partial charge in [0, 0.05) is 13.1 Å². The molecule has 2 saturated heterocycles. The first-order valence-electron chi connectivity index (χ1n) is 20.7. The number of methoxy groups -OCH3 is 1. The van der Waals surface area contributed by atoms with Crippen LogP contribution in [-0.2, 0) is 20.5 Å². The SMILES string of the molecule is COC(=O)N[C@H](C(=O)N1CCC[C@H]1c1ncc(-c2ccc(C(=Cc3ccc(-c4cnc([C@@H]5CCCN5C(=O)[CH]C(C)C)[nH]4)cc3)c3ccc(C(F)(F)F)cc3)cc2)[nH]1)C(C)C. The number of H-pyrrole nitrogens is 2. The maximum atomic E-state index is 13.6. The summed E-state index contributed by atoms with van der Waals surface area (Å²) in [6.45, 7) is 8.94. The molecular weight excluding hydrogens is 784 g/mol. The molecule has 2 aliphatic heterocycles. The topological polar surface area (TPSA) is 136 Å². The van der Waals surface area contributed by atoms with Crippen LogP contribution in [0.5, 0.6) is 0 Å². The van der Waals surface area contributed by atoms with Crippen molar-refractivity contribution in [2.75, 3.05) is 20.2 Å². The normalized spacial score (nSPS) is 17.6. The number of hydrogen-bond acceptors (Lipinski definition) is 6. The first-order valence-corrected chi connectivity index (χ1v) is 20.7. The van der Waals surface area contributed by atoms with E-state index in [0.717, 1.165) is 76.4 Å². The van der Waals surface area contributed by atoms with Gasteiger partial charge in [-0.15, -0.1) is 0 Å². The van der Waals surface area contributed by atoms with Crippen LogP contribution >= 0.6 is 0 Å². The van der Waals surface area contributed by atoms with E-state index in [4.69, 9.17) is 4.74 Å². The second-order valence-electron chi connectivity index (χ2n) is 16.3. The molecular formula is C47H51F3N7O4. The summed E-state index contributed by atoms with van der Waals surface area (Å²) < 4.78 is 45.4. The molecule has 3 aromatic carbocycles. The van der Waals surface area contributed by atoms with Crippen molar-refractivity contribution in [2.45, 2.75) is 77.7 Å². The van der Waals surface area contributed by atoms with Gasteiger partial charge in [-0.05, 0) is 89.1 Å². The zero-order valence-electron chi connectivity index (χ0n) is 34.9. The lowest BCUT2D eigenvalue weighted by molar-refractivity contribution is -0.137. The third-order valence-corrected chi connectivity index (χ3v) is 11.3. The Kier molecular flexibility index (Phi) is 12.8. The predicted octanol–water partition coefficient (Wildman–Crippen LogP) is 9.64. The molecule has 2 aromatic heterocycles. The largest absolute Gasteiger partial charge is 0.453 e. The van der Waals surface area contributed by atoms with Gasteiger partial charge in [0.05, 0.1) is 55.0 Å². The quantitative estimate of drug-likeness (QED) is 0.107. The predicted molar refractivity (Wildman–Crippen MR) is 227 cm³/mol. The maximum absolute atomic E-state index is 13.6. The maximum Gasteiger partial charge on any atom is 0.416 e. The standard InChI is InChI=1S/C47H51F3N7O4/c1-28(2)24-41(58)56-22-6-8-39(56)43-51-26-37(53-43)33-12-10-30(11-13-33)25-36(32-18-20-35(21-19-32)47(48,49)50)31-14-16-34(17-15-31)38-27-52-44(54-38)40-9-7-23-57(40)45(59)42(29(3)4)55-46(60)61-5/h10-21,24-29,39-40,42H,6-9,22-23H2,1-5H3,(H,51,53)(H,52,54)(H,55,60)/t39-,40-,42-/m0/s1. The third-order valence-electron chi connectivity index (χ3n) is 11.3. The number of benzene rings is 3. The highest BCUT2D eigenvalue weighted by atomic mass is 19.4. The van der Waals surface area contributed by atoms with Crippen molar-refractivity contribution in [1.82, 2.24) is 35.1 Å². The summed E-state index contributed by atoms with van der Waals surface area (Å²) in [5.41, 5.74) is 5.56. The van der Waals surface area contributed by atoms with Crippen molar-refractivity contribution in [1.29, 1.82) is 0 Å². The Morgan fingerprint density at radius 2 is 1.28 bits per heavy atom. The number of aromatic amines is 2. The van der Waals surface area contributed by atoms with Gasteiger partial charge in [-0.25, -0.2) is 14.8 Å². The monoisotopic (exact) mass is 834 g/mol. The van der Waals surface area contributed by atoms with Crippen molar-refractivity contribution in [2.24, 2.45) is 11.8 Å². The van der Waals surface area contributed by atoms with Crippen molar-refractivity contribution >= 4 is 29.6 Å². The lowest BCUT2D eigenvalue weighted by Crippen LogP contribution is -2.51. The first kappa shape index (κ1) is 42.9. The number of alkyl carbamates (subject to hydrolysis) is 1. The Labute approximate surface area is 353 Å². The van der Waals surface area contributed by atoms with Crippen LogP contribution in [0, 0.1) is 18.3 Å². The second kappa shape index (κ2) is 18.2. The van der Waals surface area contributed by atoms with E-state index < -0.39 is 23.9 Å². The van der Waals surface area contributed by atoms with Gasteiger partial charge in [0.25, 0.3) is 0 Å². The number of nitrogens with one attached hydrogen (secondary N) is 3. The van der Waals surface area contributed by atoms with Crippen LogP contribution in [0.4, 0.5) is 18.0 Å². The zero-order chi connectivity index (χ0) is 43.4. The van der Waals surface area contributed by atoms with E-state index in [1.165, 1.54) is 19.2 Å². The molecule has 5 aromatic rings. The number of imidazole rings is 2. The second-order valence-corrected chi connectivity index (χ2v) is 16.3. The average molecular weight is 835 g/mol. The molecule has 2 aliphatic rings. The molecule has 0 unspecified atom stereocenters. The van der Waals surface area contributed by atoms with Crippen molar-refractivity contribution < 1.29 is 32.3 Å². The van der Waals surface area contributed by atoms with Crippen LogP contribution in [0.2, 0.25) is 0 Å². The average Bonchev–Trinajstić information content (AvgIpc) is 4.08. The van der Waals surface area contributed by atoms with Gasteiger partial charge in [0.1, 0.15) is 17.7 Å². The van der Waals surface area contributed by atoms with Crippen molar-refractivity contribution in [3.05, 3.63) is 126 Å². The van der Waals surface area contributed by atoms with E-state index in [2.05, 4.69) is 25.3 Å². The molecule has 0 saturated carbocycles. The van der Waals surface area contributed by atoms with Gasteiger partial charge in [-0.3, -0.25) is 9.59 Å². The highest BCUT2D eigenvalue weighted by Gasteiger charge is 2.38. The fourth-order valence-corrected chi connectivity index (χ4v) is 8.12. The van der Waals surface area contributed by atoms with E-state index in [0.29, 0.717) is 30.9 Å². The molecule has 0 bridgehead atoms. The number of aromatic nitrogens is 4. The summed E-state index contributed by atoms with van der Waals surface area (Å²) in [5, 5.41) is 2.67. The summed E-state index contributed by atoms with van der Waals surface area (Å²) in [7, 11) is 1.26. The molecule has 3 N–H and O–H groups in total. The fraction of sp³-hybridized carbons (Fsp3) is 0.362. The Morgan fingerprint density at radius 3 is 1.79 bits per heavy atom. The minimum Gasteiger partial charge on any atom is -0.453 e. The van der Waals surface area contributed by atoms with Crippen LogP contribution in [0.3, 0.4) is 0 Å². The number of carbonyl (C=O) groups excluding carboxylic acids is 3. The van der Waals surface area contributed by atoms with E-state index in [1.54, 1.807) is 23.7 Å². The fourth-order valence-electron chi connectivity index (χ4n) is 8.12. The van der Waals surface area contributed by atoms with E-state index in [1.807, 2.05) is 87.2 Å². The highest BCUT2D eigenvalue weighted by molar-refractivity contribution is 5.92. The van der Waals surface area contributed by atoms with Crippen molar-refractivity contribution in [3.63, 3.8) is 0 Å². The molecule has 0 spiro atoms. The molecule has 0 aliphatic carbocycles. The highest BCUT2D eigenvalue weighted by Crippen LogP contribution is 2.36. The number of hydrogen-bond donors (Lipinski definition) is 3. The molecule has 2 fully saturated rings. The number of carbonyl (C=O) groups is 3. The number of ether oxygens (including phenoxy) is 1. The lowest BCUT2D eigenvalue weighted by Gasteiger charge is -2.30. The van der Waals surface area contributed by atoms with Gasteiger partial charge in [-0.2, -0.15) is 13.2 Å². The molecule has 14 heteroatoms. The molecule has 3 atom stereocenters. The number of nitrogens with zero attached hydrogens (tertiary/aromatic N) is 4. The summed E-state index contributed by atoms with van der Waals surface area (Å²) in [5.74, 6) is 1.22. The molecule has 7 rings (SSSR count). The molecule has 319 valence electrons. The first-order chi connectivity index (χ1) is 29.2. The van der Waals surface area contributed by atoms with Gasteiger partial charge in [0.2, 0.25) is 11.8 Å². The minimum absolute atomic E-state index is 0.0226. The van der Waals surface area contributed by atoms with Crippen LogP contribution in [-0.4, -0.2) is 73.9 Å². The Hall–Kier alpha value is -6.18. The lowest BCUT2D eigenvalue weighted by atomic mass is 9.93. The molecule has 11 nitrogen and oxygen atoms in total. The van der Waals surface area contributed by atoms with Gasteiger partial charge in [-0.1, -0.05) is 88.4 Å². The smallest absolute Gasteiger partial charge is 0.416 e. The number of likely N-dealkylation sites (tertiary alicyclic amines) is 2. The van der Waals surface area contributed by atoms with E-state index in [-0.39, 0.29) is 35.7 Å². The summed E-state index contributed by atoms with van der Waals surface area (Å²) >= 11 is 0. The van der Waals surface area contributed by atoms with Gasteiger partial charge in [0.15, 0.2) is 0 Å². The zero-order valence-corrected chi connectivity index (χ0v) is 34.9. The van der Waals surface area contributed by atoms with Crippen LogP contribution in [0.1, 0.15) is 99.4 Å². The van der Waals surface area contributed by atoms with Crippen LogP contribution in [0.25, 0.3) is 34.2 Å². The summed E-state index contributed by atoms with van der Waals surface area (Å²) in [6.07, 6.45) is 5.32. The molecule has 3 amide bonds. The Balaban J connectivity index is 1.12. The molecule has 4 heterocycles. The van der Waals surface area contributed by atoms with Gasteiger partial charge >= 0.3 is 12.3 Å². The third kappa shape index (κ3) is 9.74. The van der Waals surface area contributed by atoms with E-state index >= 15 is 0 Å². The molecule has 61 heavy (non-hydrogen) atoms. The Bertz CT molecular complexity index is 2350. The number of amides is 3. The number of rotatable bonds is 12. The number of halogens is 3. The van der Waals surface area contributed by atoms with E-state index in [9.17, 15) is 27.6 Å². The molecule has 1 radical (unpaired) electrons. The Morgan fingerprint density at radius 1 is 0.770 bits per heavy atom. The van der Waals surface area contributed by atoms with Crippen molar-refractivity contribution in [3.8, 4) is 22.5 Å². The minimum atomic E-state index is -4.47. The number of alkyl halides is 3. The van der Waals surface area contributed by atoms with Crippen LogP contribution in [0.15, 0.2) is 85.2 Å². The summed E-state index contributed by atoms with van der Waals surface area (Å²) in [4.78, 5) is 58.3.